The van der Waals surface area contributed by atoms with E-state index in [-0.39, 0.29) is 30.7 Å². The highest BCUT2D eigenvalue weighted by molar-refractivity contribution is 5.85. The average molecular weight is 384 g/mol. The Hall–Kier alpha value is -0.0700. The third kappa shape index (κ3) is 7.87. The van der Waals surface area contributed by atoms with Crippen molar-refractivity contribution in [2.24, 2.45) is 11.8 Å². The van der Waals surface area contributed by atoms with Crippen molar-refractivity contribution in [3.05, 3.63) is 0 Å². The topological polar surface area (TPSA) is 53.6 Å². The standard InChI is InChI=1S/C17H33N3O2.2ClH/c1-14(15-5-3-7-18-12-15)11-17(21)19-13-16-6-4-8-20(16)9-10-22-2;;/h14-16,18H,3-13H2,1-2H3,(H,19,21);2*1H. The number of hydrogen-bond donors (Lipinski definition) is 2. The molecule has 2 saturated heterocycles. The normalized spacial score (nSPS) is 25.4. The molecule has 144 valence electrons. The first-order valence-corrected chi connectivity index (χ1v) is 8.91. The molecular formula is C17H35Cl2N3O2. The van der Waals surface area contributed by atoms with E-state index in [4.69, 9.17) is 4.74 Å². The average Bonchev–Trinajstić information content (AvgIpc) is 2.99. The smallest absolute Gasteiger partial charge is 0.220 e. The van der Waals surface area contributed by atoms with Gasteiger partial charge in [0.25, 0.3) is 0 Å². The number of rotatable bonds is 8. The first kappa shape index (κ1) is 23.9. The molecule has 0 aromatic heterocycles. The van der Waals surface area contributed by atoms with Crippen molar-refractivity contribution in [2.75, 3.05) is 46.4 Å². The number of nitrogens with zero attached hydrogens (tertiary/aromatic N) is 1. The van der Waals surface area contributed by atoms with Crippen LogP contribution >= 0.6 is 24.8 Å². The molecule has 5 nitrogen and oxygen atoms in total. The number of carbonyl (C=O) groups excluding carboxylic acids is 1. The Morgan fingerprint density at radius 3 is 2.79 bits per heavy atom. The lowest BCUT2D eigenvalue weighted by Crippen LogP contribution is -2.42. The monoisotopic (exact) mass is 383 g/mol. The number of piperidine rings is 1. The van der Waals surface area contributed by atoms with Crippen LogP contribution in [0.4, 0.5) is 0 Å². The number of likely N-dealkylation sites (tertiary alicyclic amines) is 1. The molecule has 2 heterocycles. The molecule has 2 aliphatic rings. The second-order valence-corrected chi connectivity index (χ2v) is 6.92. The molecule has 3 unspecified atom stereocenters. The predicted octanol–water partition coefficient (Wildman–Crippen LogP) is 2.08. The van der Waals surface area contributed by atoms with E-state index in [2.05, 4.69) is 22.5 Å². The molecule has 3 atom stereocenters. The largest absolute Gasteiger partial charge is 0.383 e. The summed E-state index contributed by atoms with van der Waals surface area (Å²) in [5, 5.41) is 6.60. The van der Waals surface area contributed by atoms with Gasteiger partial charge in [0.15, 0.2) is 0 Å². The van der Waals surface area contributed by atoms with E-state index in [9.17, 15) is 4.79 Å². The van der Waals surface area contributed by atoms with Gasteiger partial charge < -0.3 is 15.4 Å². The van der Waals surface area contributed by atoms with Crippen LogP contribution < -0.4 is 10.6 Å². The summed E-state index contributed by atoms with van der Waals surface area (Å²) in [5.41, 5.74) is 0. The number of halogens is 2. The van der Waals surface area contributed by atoms with E-state index in [0.717, 1.165) is 39.3 Å². The summed E-state index contributed by atoms with van der Waals surface area (Å²) in [6.45, 7) is 8.09. The minimum Gasteiger partial charge on any atom is -0.383 e. The lowest BCUT2D eigenvalue weighted by Gasteiger charge is -2.28. The van der Waals surface area contributed by atoms with Gasteiger partial charge >= 0.3 is 0 Å². The molecule has 2 rings (SSSR count). The Bertz CT molecular complexity index is 342. The zero-order chi connectivity index (χ0) is 15.8. The number of nitrogens with one attached hydrogen (secondary N) is 2. The first-order valence-electron chi connectivity index (χ1n) is 8.91. The Balaban J connectivity index is 0.00000264. The van der Waals surface area contributed by atoms with Crippen molar-refractivity contribution in [2.45, 2.75) is 45.1 Å². The minimum atomic E-state index is 0. The molecular weight excluding hydrogens is 349 g/mol. The SMILES string of the molecule is COCCN1CCCC1CNC(=O)CC(C)C1CCCNC1.Cl.Cl. The van der Waals surface area contributed by atoms with Gasteiger partial charge in [-0.2, -0.15) is 0 Å². The summed E-state index contributed by atoms with van der Waals surface area (Å²) in [5.74, 6) is 1.35. The van der Waals surface area contributed by atoms with Crippen LogP contribution in [0.15, 0.2) is 0 Å². The van der Waals surface area contributed by atoms with Crippen molar-refractivity contribution in [1.29, 1.82) is 0 Å². The van der Waals surface area contributed by atoms with Crippen molar-refractivity contribution in [3.8, 4) is 0 Å². The van der Waals surface area contributed by atoms with E-state index in [1.807, 2.05) is 0 Å². The van der Waals surface area contributed by atoms with Gasteiger partial charge in [0.1, 0.15) is 0 Å². The Morgan fingerprint density at radius 2 is 2.12 bits per heavy atom. The predicted molar refractivity (Wildman–Crippen MR) is 103 cm³/mol. The van der Waals surface area contributed by atoms with E-state index >= 15 is 0 Å². The molecule has 0 radical (unpaired) electrons. The number of ether oxygens (including phenoxy) is 1. The molecule has 0 aromatic carbocycles. The summed E-state index contributed by atoms with van der Waals surface area (Å²) in [6, 6.07) is 0.491. The Morgan fingerprint density at radius 1 is 1.33 bits per heavy atom. The molecule has 24 heavy (non-hydrogen) atoms. The Labute approximate surface area is 159 Å². The molecule has 7 heteroatoms. The van der Waals surface area contributed by atoms with Gasteiger partial charge in [-0.1, -0.05) is 6.92 Å². The van der Waals surface area contributed by atoms with E-state index in [0.29, 0.717) is 24.3 Å². The van der Waals surface area contributed by atoms with Crippen LogP contribution in [0.2, 0.25) is 0 Å². The molecule has 1 amide bonds. The van der Waals surface area contributed by atoms with Crippen LogP contribution in [0, 0.1) is 11.8 Å². The summed E-state index contributed by atoms with van der Waals surface area (Å²) >= 11 is 0. The Kier molecular flexibility index (Phi) is 13.1. The van der Waals surface area contributed by atoms with Gasteiger partial charge in [0, 0.05) is 32.7 Å². The van der Waals surface area contributed by atoms with Crippen molar-refractivity contribution in [1.82, 2.24) is 15.5 Å². The molecule has 0 aromatic rings. The van der Waals surface area contributed by atoms with Crippen LogP contribution in [0.25, 0.3) is 0 Å². The third-order valence-electron chi connectivity index (χ3n) is 5.26. The fourth-order valence-electron chi connectivity index (χ4n) is 3.76. The number of amides is 1. The molecule has 2 aliphatic heterocycles. The van der Waals surface area contributed by atoms with Crippen LogP contribution in [0.3, 0.4) is 0 Å². The van der Waals surface area contributed by atoms with Gasteiger partial charge in [-0.3, -0.25) is 9.69 Å². The highest BCUT2D eigenvalue weighted by atomic mass is 35.5. The lowest BCUT2D eigenvalue weighted by molar-refractivity contribution is -0.122. The molecule has 0 saturated carbocycles. The quantitative estimate of drug-likeness (QED) is 0.673. The van der Waals surface area contributed by atoms with Gasteiger partial charge in [0.05, 0.1) is 6.61 Å². The van der Waals surface area contributed by atoms with Crippen LogP contribution in [-0.2, 0) is 9.53 Å². The van der Waals surface area contributed by atoms with Crippen LogP contribution in [0.5, 0.6) is 0 Å². The van der Waals surface area contributed by atoms with E-state index in [1.54, 1.807) is 7.11 Å². The van der Waals surface area contributed by atoms with Crippen LogP contribution in [-0.4, -0.2) is 63.3 Å². The molecule has 0 aliphatic carbocycles. The third-order valence-corrected chi connectivity index (χ3v) is 5.26. The zero-order valence-electron chi connectivity index (χ0n) is 15.1. The summed E-state index contributed by atoms with van der Waals surface area (Å²) < 4.78 is 5.16. The lowest BCUT2D eigenvalue weighted by atomic mass is 9.85. The fourth-order valence-corrected chi connectivity index (χ4v) is 3.76. The van der Waals surface area contributed by atoms with Gasteiger partial charge in [0.2, 0.25) is 5.91 Å². The van der Waals surface area contributed by atoms with Gasteiger partial charge in [-0.25, -0.2) is 0 Å². The second-order valence-electron chi connectivity index (χ2n) is 6.92. The number of methoxy groups -OCH3 is 1. The molecule has 2 fully saturated rings. The summed E-state index contributed by atoms with van der Waals surface area (Å²) in [7, 11) is 1.74. The van der Waals surface area contributed by atoms with Gasteiger partial charge in [-0.05, 0) is 57.2 Å². The summed E-state index contributed by atoms with van der Waals surface area (Å²) in [6.07, 6.45) is 5.58. The van der Waals surface area contributed by atoms with Crippen molar-refractivity contribution >= 4 is 30.7 Å². The maximum Gasteiger partial charge on any atom is 0.220 e. The molecule has 0 spiro atoms. The maximum absolute atomic E-state index is 12.2. The minimum absolute atomic E-state index is 0. The fraction of sp³-hybridized carbons (Fsp3) is 0.941. The number of carbonyl (C=O) groups is 1. The van der Waals surface area contributed by atoms with Crippen molar-refractivity contribution < 1.29 is 9.53 Å². The van der Waals surface area contributed by atoms with Crippen molar-refractivity contribution in [3.63, 3.8) is 0 Å². The first-order chi connectivity index (χ1) is 10.7. The summed E-state index contributed by atoms with van der Waals surface area (Å²) in [4.78, 5) is 14.6. The van der Waals surface area contributed by atoms with E-state index < -0.39 is 0 Å². The van der Waals surface area contributed by atoms with Gasteiger partial charge in [-0.15, -0.1) is 24.8 Å². The zero-order valence-corrected chi connectivity index (χ0v) is 16.7. The van der Waals surface area contributed by atoms with Crippen LogP contribution in [0.1, 0.15) is 39.0 Å². The second kappa shape index (κ2) is 13.2. The van der Waals surface area contributed by atoms with E-state index in [1.165, 1.54) is 25.7 Å². The molecule has 2 N–H and O–H groups in total. The highest BCUT2D eigenvalue weighted by Crippen LogP contribution is 2.22. The molecule has 0 bridgehead atoms. The number of hydrogen-bond acceptors (Lipinski definition) is 4. The highest BCUT2D eigenvalue weighted by Gasteiger charge is 2.25. The maximum atomic E-state index is 12.2.